The van der Waals surface area contributed by atoms with Crippen LogP contribution in [0.4, 0.5) is 0 Å². The van der Waals surface area contributed by atoms with Crippen LogP contribution in [0.1, 0.15) is 29.2 Å². The molecule has 1 saturated heterocycles. The van der Waals surface area contributed by atoms with Gasteiger partial charge in [-0.3, -0.25) is 4.90 Å². The molecule has 0 amide bonds. The Kier molecular flexibility index (Phi) is 7.29. The molecule has 5 heteroatoms. The second kappa shape index (κ2) is 10.3. The van der Waals surface area contributed by atoms with Crippen molar-refractivity contribution in [3.63, 3.8) is 0 Å². The zero-order chi connectivity index (χ0) is 20.8. The number of nitrogens with zero attached hydrogens (tertiary/aromatic N) is 1. The van der Waals surface area contributed by atoms with Crippen LogP contribution in [0.15, 0.2) is 72.8 Å². The molecule has 1 N–H and O–H groups in total. The predicted molar refractivity (Wildman–Crippen MR) is 125 cm³/mol. The summed E-state index contributed by atoms with van der Waals surface area (Å²) in [6, 6.07) is 24.4. The van der Waals surface area contributed by atoms with Gasteiger partial charge in [-0.25, -0.2) is 0 Å². The normalized spacial score (nSPS) is 16.1. The first kappa shape index (κ1) is 21.2. The summed E-state index contributed by atoms with van der Waals surface area (Å²) >= 11 is 12.8. The zero-order valence-corrected chi connectivity index (χ0v) is 18.4. The van der Waals surface area contributed by atoms with E-state index in [4.69, 9.17) is 27.9 Å². The molecule has 0 aliphatic carbocycles. The van der Waals surface area contributed by atoms with E-state index in [9.17, 15) is 0 Å². The molecule has 0 aromatic heterocycles. The minimum atomic E-state index is 0.0509. The van der Waals surface area contributed by atoms with Crippen LogP contribution in [0.25, 0.3) is 0 Å². The number of nitrogens with one attached hydrogen (secondary N) is 1. The van der Waals surface area contributed by atoms with Crippen molar-refractivity contribution in [2.24, 2.45) is 0 Å². The molecule has 3 aromatic carbocycles. The Morgan fingerprint density at radius 3 is 2.60 bits per heavy atom. The summed E-state index contributed by atoms with van der Waals surface area (Å²) in [5, 5.41) is 4.84. The highest BCUT2D eigenvalue weighted by Gasteiger charge is 2.25. The highest BCUT2D eigenvalue weighted by atomic mass is 35.5. The van der Waals surface area contributed by atoms with E-state index in [0.29, 0.717) is 16.7 Å². The second-order valence-electron chi connectivity index (χ2n) is 7.55. The average molecular weight is 441 g/mol. The number of hydrogen-bond acceptors (Lipinski definition) is 3. The number of ether oxygens (including phenoxy) is 1. The minimum Gasteiger partial charge on any atom is -0.489 e. The van der Waals surface area contributed by atoms with Crippen LogP contribution >= 0.6 is 23.2 Å². The molecule has 1 heterocycles. The molecule has 0 radical (unpaired) electrons. The predicted octanol–water partition coefficient (Wildman–Crippen LogP) is 5.96. The van der Waals surface area contributed by atoms with E-state index in [1.54, 1.807) is 0 Å². The van der Waals surface area contributed by atoms with Gasteiger partial charge in [-0.1, -0.05) is 71.7 Å². The fraction of sp³-hybridized carbons (Fsp3) is 0.280. The standard InChI is InChI=1S/C25H26Cl2N2O/c26-21-10-11-23(24(27)17-21)25(29-14-5-12-28-13-15-29)20-8-4-9-22(16-20)30-18-19-6-2-1-3-7-19/h1-4,6-11,16-17,25,28H,5,12-15,18H2. The van der Waals surface area contributed by atoms with Crippen molar-refractivity contribution < 1.29 is 4.74 Å². The lowest BCUT2D eigenvalue weighted by Crippen LogP contribution is -2.33. The molecule has 30 heavy (non-hydrogen) atoms. The van der Waals surface area contributed by atoms with Crippen LogP contribution in [0.3, 0.4) is 0 Å². The number of hydrogen-bond donors (Lipinski definition) is 1. The fourth-order valence-corrected chi connectivity index (χ4v) is 4.46. The Bertz CT molecular complexity index is 956. The molecule has 0 spiro atoms. The van der Waals surface area contributed by atoms with Crippen LogP contribution < -0.4 is 10.1 Å². The van der Waals surface area contributed by atoms with E-state index in [-0.39, 0.29) is 6.04 Å². The topological polar surface area (TPSA) is 24.5 Å². The van der Waals surface area contributed by atoms with Gasteiger partial charge in [-0.15, -0.1) is 0 Å². The smallest absolute Gasteiger partial charge is 0.120 e. The first-order valence-electron chi connectivity index (χ1n) is 10.4. The quantitative estimate of drug-likeness (QED) is 0.511. The Morgan fingerprint density at radius 1 is 0.900 bits per heavy atom. The van der Waals surface area contributed by atoms with Crippen molar-refractivity contribution in [1.29, 1.82) is 0 Å². The van der Waals surface area contributed by atoms with Crippen molar-refractivity contribution in [1.82, 2.24) is 10.2 Å². The largest absolute Gasteiger partial charge is 0.489 e. The lowest BCUT2D eigenvalue weighted by atomic mass is 9.96. The summed E-state index contributed by atoms with van der Waals surface area (Å²) in [5.74, 6) is 0.861. The molecule has 1 aliphatic heterocycles. The van der Waals surface area contributed by atoms with E-state index in [2.05, 4.69) is 40.5 Å². The van der Waals surface area contributed by atoms with Gasteiger partial charge in [0.25, 0.3) is 0 Å². The molecule has 0 saturated carbocycles. The Balaban J connectivity index is 1.64. The van der Waals surface area contributed by atoms with Crippen LogP contribution in [-0.2, 0) is 6.61 Å². The van der Waals surface area contributed by atoms with E-state index >= 15 is 0 Å². The highest BCUT2D eigenvalue weighted by Crippen LogP contribution is 2.36. The van der Waals surface area contributed by atoms with Crippen LogP contribution in [0.5, 0.6) is 5.75 Å². The lowest BCUT2D eigenvalue weighted by Gasteiger charge is -2.32. The molecule has 4 rings (SSSR count). The molecule has 1 atom stereocenters. The Morgan fingerprint density at radius 2 is 1.77 bits per heavy atom. The third-order valence-electron chi connectivity index (χ3n) is 5.42. The van der Waals surface area contributed by atoms with Crippen molar-refractivity contribution in [2.75, 3.05) is 26.2 Å². The van der Waals surface area contributed by atoms with Gasteiger partial charge >= 0.3 is 0 Å². The van der Waals surface area contributed by atoms with Gasteiger partial charge in [-0.2, -0.15) is 0 Å². The molecule has 0 bridgehead atoms. The van der Waals surface area contributed by atoms with Gasteiger partial charge in [-0.05, 0) is 53.9 Å². The monoisotopic (exact) mass is 440 g/mol. The SMILES string of the molecule is Clc1ccc(C(c2cccc(OCc3ccccc3)c2)N2CCCNCC2)c(Cl)c1. The summed E-state index contributed by atoms with van der Waals surface area (Å²) in [7, 11) is 0. The van der Waals surface area contributed by atoms with Gasteiger partial charge in [0, 0.05) is 29.7 Å². The van der Waals surface area contributed by atoms with Crippen molar-refractivity contribution >= 4 is 23.2 Å². The minimum absolute atomic E-state index is 0.0509. The summed E-state index contributed by atoms with van der Waals surface area (Å²) in [4.78, 5) is 2.49. The van der Waals surface area contributed by atoms with E-state index in [1.165, 1.54) is 5.56 Å². The lowest BCUT2D eigenvalue weighted by molar-refractivity contribution is 0.240. The molecule has 1 aliphatic rings. The Hall–Kier alpha value is -2.04. The molecule has 3 nitrogen and oxygen atoms in total. The molecule has 1 fully saturated rings. The maximum absolute atomic E-state index is 6.66. The number of rotatable bonds is 6. The molecular weight excluding hydrogens is 415 g/mol. The summed E-state index contributed by atoms with van der Waals surface area (Å²) in [5.41, 5.74) is 3.40. The maximum Gasteiger partial charge on any atom is 0.120 e. The maximum atomic E-state index is 6.66. The van der Waals surface area contributed by atoms with Crippen LogP contribution in [0.2, 0.25) is 10.0 Å². The Labute approximate surface area is 188 Å². The summed E-state index contributed by atoms with van der Waals surface area (Å²) < 4.78 is 6.10. The highest BCUT2D eigenvalue weighted by molar-refractivity contribution is 6.35. The summed E-state index contributed by atoms with van der Waals surface area (Å²) in [6.45, 7) is 4.51. The van der Waals surface area contributed by atoms with Crippen LogP contribution in [-0.4, -0.2) is 31.1 Å². The van der Waals surface area contributed by atoms with Gasteiger partial charge in [0.1, 0.15) is 12.4 Å². The van der Waals surface area contributed by atoms with Gasteiger partial charge < -0.3 is 10.1 Å². The van der Waals surface area contributed by atoms with E-state index < -0.39 is 0 Å². The third kappa shape index (κ3) is 5.35. The first-order valence-corrected chi connectivity index (χ1v) is 11.1. The second-order valence-corrected chi connectivity index (χ2v) is 8.40. The zero-order valence-electron chi connectivity index (χ0n) is 16.9. The fourth-order valence-electron chi connectivity index (χ4n) is 3.95. The van der Waals surface area contributed by atoms with Gasteiger partial charge in [0.2, 0.25) is 0 Å². The first-order chi connectivity index (χ1) is 14.7. The van der Waals surface area contributed by atoms with Crippen LogP contribution in [0, 0.1) is 0 Å². The van der Waals surface area contributed by atoms with Crippen molar-refractivity contribution in [2.45, 2.75) is 19.1 Å². The molecular formula is C25H26Cl2N2O. The van der Waals surface area contributed by atoms with Gasteiger partial charge in [0.05, 0.1) is 6.04 Å². The average Bonchev–Trinajstić information content (AvgIpc) is 3.05. The van der Waals surface area contributed by atoms with E-state index in [0.717, 1.165) is 49.5 Å². The molecule has 1 unspecified atom stereocenters. The number of halogens is 2. The van der Waals surface area contributed by atoms with Crippen molar-refractivity contribution in [3.05, 3.63) is 99.5 Å². The molecule has 156 valence electrons. The molecule has 3 aromatic rings. The van der Waals surface area contributed by atoms with Gasteiger partial charge in [0.15, 0.2) is 0 Å². The number of benzene rings is 3. The third-order valence-corrected chi connectivity index (χ3v) is 5.98. The van der Waals surface area contributed by atoms with E-state index in [1.807, 2.05) is 42.5 Å². The summed E-state index contributed by atoms with van der Waals surface area (Å²) in [6.07, 6.45) is 1.10. The van der Waals surface area contributed by atoms with Crippen molar-refractivity contribution in [3.8, 4) is 5.75 Å².